The molecular formula is C17H17F2N4O3S-. The van der Waals surface area contributed by atoms with Gasteiger partial charge in [0.2, 0.25) is 0 Å². The van der Waals surface area contributed by atoms with Crippen LogP contribution < -0.4 is 4.72 Å². The monoisotopic (exact) mass is 395 g/mol. The highest BCUT2D eigenvalue weighted by Gasteiger charge is 2.23. The Kier molecular flexibility index (Phi) is 6.09. The molecular weight excluding hydrogens is 378 g/mol. The number of nitrogens with one attached hydrogen (secondary N) is 1. The van der Waals surface area contributed by atoms with Crippen molar-refractivity contribution in [3.05, 3.63) is 59.4 Å². The molecule has 2 aromatic rings. The van der Waals surface area contributed by atoms with Crippen LogP contribution in [0.1, 0.15) is 16.1 Å². The molecule has 1 aliphatic rings. The summed E-state index contributed by atoms with van der Waals surface area (Å²) in [5.74, 6) is -1.46. The van der Waals surface area contributed by atoms with Gasteiger partial charge in [-0.2, -0.15) is 0 Å². The largest absolute Gasteiger partial charge is 0.755 e. The first-order valence-electron chi connectivity index (χ1n) is 8.19. The number of carbonyl (C=O) groups is 1. The van der Waals surface area contributed by atoms with Crippen molar-refractivity contribution in [2.75, 3.05) is 30.9 Å². The smallest absolute Gasteiger partial charge is 0.272 e. The molecule has 1 aromatic carbocycles. The van der Waals surface area contributed by atoms with Crippen molar-refractivity contribution >= 4 is 22.9 Å². The third-order valence-electron chi connectivity index (χ3n) is 4.17. The van der Waals surface area contributed by atoms with Crippen LogP contribution >= 0.6 is 0 Å². The van der Waals surface area contributed by atoms with Gasteiger partial charge in [-0.15, -0.1) is 0 Å². The fraction of sp³-hybridized carbons (Fsp3) is 0.294. The summed E-state index contributed by atoms with van der Waals surface area (Å²) in [4.78, 5) is 20.1. The van der Waals surface area contributed by atoms with Gasteiger partial charge in [0.15, 0.2) is 0 Å². The van der Waals surface area contributed by atoms with E-state index in [9.17, 15) is 22.3 Å². The summed E-state index contributed by atoms with van der Waals surface area (Å²) in [5, 5.41) is 0. The lowest BCUT2D eigenvalue weighted by molar-refractivity contribution is 0.0622. The average Bonchev–Trinajstić information content (AvgIpc) is 2.61. The number of aromatic nitrogens is 1. The highest BCUT2D eigenvalue weighted by atomic mass is 32.2. The van der Waals surface area contributed by atoms with Crippen molar-refractivity contribution in [3.8, 4) is 0 Å². The van der Waals surface area contributed by atoms with Gasteiger partial charge in [-0.3, -0.25) is 13.9 Å². The first kappa shape index (κ1) is 19.3. The second-order valence-corrected chi connectivity index (χ2v) is 6.79. The summed E-state index contributed by atoms with van der Waals surface area (Å²) in [5.41, 5.74) is 1.04. The van der Waals surface area contributed by atoms with Gasteiger partial charge >= 0.3 is 0 Å². The molecule has 0 bridgehead atoms. The fourth-order valence-electron chi connectivity index (χ4n) is 2.91. The lowest BCUT2D eigenvalue weighted by atomic mass is 10.2. The van der Waals surface area contributed by atoms with Crippen LogP contribution in [0.4, 0.5) is 14.5 Å². The average molecular weight is 395 g/mol. The van der Waals surface area contributed by atoms with Crippen LogP contribution in [-0.4, -0.2) is 55.6 Å². The lowest BCUT2D eigenvalue weighted by Crippen LogP contribution is -2.48. The Labute approximate surface area is 157 Å². The van der Waals surface area contributed by atoms with Crippen LogP contribution in [0.2, 0.25) is 0 Å². The molecule has 144 valence electrons. The van der Waals surface area contributed by atoms with E-state index in [1.165, 1.54) is 30.5 Å². The third kappa shape index (κ3) is 5.28. The molecule has 27 heavy (non-hydrogen) atoms. The van der Waals surface area contributed by atoms with E-state index in [4.69, 9.17) is 0 Å². The number of anilines is 1. The van der Waals surface area contributed by atoms with Crippen molar-refractivity contribution in [1.29, 1.82) is 0 Å². The Balaban J connectivity index is 1.55. The van der Waals surface area contributed by atoms with Gasteiger partial charge in [-0.1, -0.05) is 0 Å². The maximum absolute atomic E-state index is 13.3. The van der Waals surface area contributed by atoms with Crippen LogP contribution in [0.5, 0.6) is 0 Å². The molecule has 1 aliphatic heterocycles. The minimum Gasteiger partial charge on any atom is -0.755 e. The Hall–Kier alpha value is -2.43. The van der Waals surface area contributed by atoms with Gasteiger partial charge in [0.05, 0.1) is 11.9 Å². The Morgan fingerprint density at radius 3 is 2.37 bits per heavy atom. The van der Waals surface area contributed by atoms with Gasteiger partial charge in [0, 0.05) is 50.1 Å². The number of rotatable bonds is 5. The zero-order valence-corrected chi connectivity index (χ0v) is 15.0. The van der Waals surface area contributed by atoms with Gasteiger partial charge in [0.1, 0.15) is 17.3 Å². The van der Waals surface area contributed by atoms with Crippen molar-refractivity contribution in [2.45, 2.75) is 6.54 Å². The topological polar surface area (TPSA) is 88.6 Å². The number of pyridine rings is 1. The number of benzene rings is 1. The van der Waals surface area contributed by atoms with E-state index in [-0.39, 0.29) is 17.3 Å². The van der Waals surface area contributed by atoms with Gasteiger partial charge < -0.3 is 14.2 Å². The highest BCUT2D eigenvalue weighted by molar-refractivity contribution is 7.80. The summed E-state index contributed by atoms with van der Waals surface area (Å²) in [6.45, 7) is 2.46. The molecule has 1 N–H and O–H groups in total. The molecule has 10 heteroatoms. The number of nitrogens with zero attached hydrogens (tertiary/aromatic N) is 3. The van der Waals surface area contributed by atoms with Crippen LogP contribution in [0.15, 0.2) is 36.5 Å². The molecule has 1 fully saturated rings. The molecule has 1 unspecified atom stereocenters. The quantitative estimate of drug-likeness (QED) is 0.776. The molecule has 0 radical (unpaired) electrons. The fourth-order valence-corrected chi connectivity index (χ4v) is 3.22. The standard InChI is InChI=1S/C17H18F2N4O3S/c18-13-7-12(8-14(19)9-13)11-22-3-5-23(6-4-22)17(24)16-2-1-15(10-20-16)21-27(25)26/h1-2,7-10,21H,3-6,11H2,(H,25,26)/p-1. The highest BCUT2D eigenvalue weighted by Crippen LogP contribution is 2.14. The van der Waals surface area contributed by atoms with Crippen molar-refractivity contribution < 1.29 is 22.3 Å². The minimum atomic E-state index is -2.45. The molecule has 1 aromatic heterocycles. The van der Waals surface area contributed by atoms with E-state index in [2.05, 4.69) is 9.71 Å². The third-order valence-corrected chi connectivity index (χ3v) is 4.57. The Bertz CT molecular complexity index is 822. The molecule has 0 spiro atoms. The van der Waals surface area contributed by atoms with Crippen molar-refractivity contribution in [1.82, 2.24) is 14.8 Å². The van der Waals surface area contributed by atoms with Crippen molar-refractivity contribution in [2.24, 2.45) is 0 Å². The number of hydrogen-bond acceptors (Lipinski definition) is 5. The molecule has 1 saturated heterocycles. The van der Waals surface area contributed by atoms with E-state index in [1.54, 1.807) is 4.90 Å². The summed E-state index contributed by atoms with van der Waals surface area (Å²) in [7, 11) is 0. The van der Waals surface area contributed by atoms with Crippen LogP contribution in [0.3, 0.4) is 0 Å². The summed E-state index contributed by atoms with van der Waals surface area (Å²) >= 11 is -2.45. The molecule has 0 aliphatic carbocycles. The summed E-state index contributed by atoms with van der Waals surface area (Å²) in [6.07, 6.45) is 1.28. The van der Waals surface area contributed by atoms with Gasteiger partial charge in [-0.25, -0.2) is 13.8 Å². The zero-order valence-electron chi connectivity index (χ0n) is 14.2. The predicted octanol–water partition coefficient (Wildman–Crippen LogP) is 1.52. The SMILES string of the molecule is O=C(c1ccc(NS(=O)[O-])cn1)N1CCN(Cc2cc(F)cc(F)c2)CC1. The molecule has 1 atom stereocenters. The first-order chi connectivity index (χ1) is 12.9. The number of halogens is 2. The number of piperazine rings is 1. The molecule has 1 amide bonds. The van der Waals surface area contributed by atoms with E-state index in [1.807, 2.05) is 4.90 Å². The van der Waals surface area contributed by atoms with Gasteiger partial charge in [-0.05, 0) is 29.8 Å². The zero-order chi connectivity index (χ0) is 19.4. The number of hydrogen-bond donors (Lipinski definition) is 1. The van der Waals surface area contributed by atoms with E-state index < -0.39 is 22.9 Å². The molecule has 2 heterocycles. The normalized spacial score (nSPS) is 16.2. The second-order valence-electron chi connectivity index (χ2n) is 6.11. The summed E-state index contributed by atoms with van der Waals surface area (Å²) in [6, 6.07) is 6.36. The maximum Gasteiger partial charge on any atom is 0.272 e. The maximum atomic E-state index is 13.3. The van der Waals surface area contributed by atoms with E-state index in [0.717, 1.165) is 6.07 Å². The number of amides is 1. The predicted molar refractivity (Wildman–Crippen MR) is 94.3 cm³/mol. The second kappa shape index (κ2) is 8.51. The van der Waals surface area contributed by atoms with E-state index >= 15 is 0 Å². The van der Waals surface area contributed by atoms with Crippen molar-refractivity contribution in [3.63, 3.8) is 0 Å². The Morgan fingerprint density at radius 2 is 1.81 bits per heavy atom. The minimum absolute atomic E-state index is 0.220. The van der Waals surface area contributed by atoms with E-state index in [0.29, 0.717) is 38.3 Å². The van der Waals surface area contributed by atoms with Crippen LogP contribution in [0.25, 0.3) is 0 Å². The molecule has 3 rings (SSSR count). The number of carbonyl (C=O) groups excluding carboxylic acids is 1. The Morgan fingerprint density at radius 1 is 1.15 bits per heavy atom. The lowest BCUT2D eigenvalue weighted by Gasteiger charge is -2.34. The van der Waals surface area contributed by atoms with Crippen LogP contribution in [-0.2, 0) is 17.8 Å². The van der Waals surface area contributed by atoms with Crippen LogP contribution in [0, 0.1) is 11.6 Å². The first-order valence-corrected chi connectivity index (χ1v) is 9.27. The summed E-state index contributed by atoms with van der Waals surface area (Å²) < 4.78 is 49.9. The van der Waals surface area contributed by atoms with Gasteiger partial charge in [0.25, 0.3) is 5.91 Å². The molecule has 0 saturated carbocycles. The molecule has 7 nitrogen and oxygen atoms in total.